The quantitative estimate of drug-likeness (QED) is 0.652. The van der Waals surface area contributed by atoms with E-state index in [0.717, 1.165) is 0 Å². The number of hydrogen-bond acceptors (Lipinski definition) is 4. The highest BCUT2D eigenvalue weighted by Crippen LogP contribution is 2.27. The largest absolute Gasteiger partial charge is 0.467 e. The van der Waals surface area contributed by atoms with E-state index in [1.165, 1.54) is 14.0 Å². The van der Waals surface area contributed by atoms with E-state index in [2.05, 4.69) is 15.4 Å². The third-order valence-electron chi connectivity index (χ3n) is 3.10. The average Bonchev–Trinajstić information content (AvgIpc) is 2.22. The summed E-state index contributed by atoms with van der Waals surface area (Å²) in [6.45, 7) is 4.61. The average molecular weight is 242 g/mol. The van der Waals surface area contributed by atoms with Crippen LogP contribution in [0.25, 0.3) is 0 Å². The van der Waals surface area contributed by atoms with Crippen LogP contribution in [0.1, 0.15) is 33.6 Å². The van der Waals surface area contributed by atoms with Crippen molar-refractivity contribution in [2.75, 3.05) is 7.11 Å². The predicted octanol–water partition coefficient (Wildman–Crippen LogP) is -0.277. The van der Waals surface area contributed by atoms with Crippen molar-refractivity contribution in [3.05, 3.63) is 0 Å². The Labute approximate surface area is 100 Å². The minimum absolute atomic E-state index is 0.274. The number of carbonyl (C=O) groups excluding carboxylic acids is 3. The van der Waals surface area contributed by atoms with E-state index in [1.807, 2.05) is 0 Å². The van der Waals surface area contributed by atoms with Gasteiger partial charge >= 0.3 is 5.97 Å². The number of amides is 2. The van der Waals surface area contributed by atoms with Crippen LogP contribution < -0.4 is 10.6 Å². The van der Waals surface area contributed by atoms with Crippen molar-refractivity contribution in [1.82, 2.24) is 10.6 Å². The van der Waals surface area contributed by atoms with Gasteiger partial charge in [-0.2, -0.15) is 0 Å². The second-order valence-corrected chi connectivity index (χ2v) is 4.79. The number of piperidine rings is 1. The standard InChI is InChI=1S/C11H18N2O4/c1-7(14)12-10(2)5-6-11(3,9(16)17-4)13-8(10)15/h5-6H2,1-4H3,(H,12,14)(H,13,15)/t10-,11-/m1/s1. The number of carbonyl (C=O) groups is 3. The van der Waals surface area contributed by atoms with Crippen LogP contribution in [-0.2, 0) is 19.1 Å². The maximum atomic E-state index is 12.0. The summed E-state index contributed by atoms with van der Waals surface area (Å²) in [5, 5.41) is 5.21. The van der Waals surface area contributed by atoms with Crippen LogP contribution in [0.2, 0.25) is 0 Å². The van der Waals surface area contributed by atoms with Crippen molar-refractivity contribution in [2.24, 2.45) is 0 Å². The summed E-state index contributed by atoms with van der Waals surface area (Å²) in [4.78, 5) is 34.5. The van der Waals surface area contributed by atoms with E-state index in [1.54, 1.807) is 13.8 Å². The number of esters is 1. The summed E-state index contributed by atoms with van der Waals surface area (Å²) in [7, 11) is 1.28. The first-order valence-corrected chi connectivity index (χ1v) is 5.43. The van der Waals surface area contributed by atoms with E-state index >= 15 is 0 Å². The minimum atomic E-state index is -1.01. The van der Waals surface area contributed by atoms with Gasteiger partial charge in [-0.15, -0.1) is 0 Å². The molecule has 2 atom stereocenters. The molecule has 0 aromatic carbocycles. The van der Waals surface area contributed by atoms with Gasteiger partial charge in [-0.05, 0) is 26.7 Å². The van der Waals surface area contributed by atoms with Gasteiger partial charge < -0.3 is 15.4 Å². The van der Waals surface area contributed by atoms with E-state index in [-0.39, 0.29) is 11.8 Å². The molecule has 96 valence electrons. The molecule has 0 radical (unpaired) electrons. The highest BCUT2D eigenvalue weighted by molar-refractivity contribution is 5.96. The molecule has 1 saturated heterocycles. The Kier molecular flexibility index (Phi) is 3.45. The molecule has 1 rings (SSSR count). The van der Waals surface area contributed by atoms with Crippen LogP contribution >= 0.6 is 0 Å². The molecule has 6 nitrogen and oxygen atoms in total. The molecule has 2 N–H and O–H groups in total. The molecule has 1 heterocycles. The monoisotopic (exact) mass is 242 g/mol. The first-order chi connectivity index (χ1) is 7.73. The van der Waals surface area contributed by atoms with Gasteiger partial charge in [0.15, 0.2) is 0 Å². The van der Waals surface area contributed by atoms with Gasteiger partial charge in [0, 0.05) is 6.92 Å². The van der Waals surface area contributed by atoms with Gasteiger partial charge in [0.05, 0.1) is 7.11 Å². The molecule has 17 heavy (non-hydrogen) atoms. The zero-order valence-corrected chi connectivity index (χ0v) is 10.5. The van der Waals surface area contributed by atoms with Crippen molar-refractivity contribution in [2.45, 2.75) is 44.7 Å². The van der Waals surface area contributed by atoms with Crippen LogP contribution in [0.15, 0.2) is 0 Å². The molecule has 6 heteroatoms. The van der Waals surface area contributed by atoms with Gasteiger partial charge in [-0.3, -0.25) is 9.59 Å². The van der Waals surface area contributed by atoms with Gasteiger partial charge in [0.1, 0.15) is 11.1 Å². The van der Waals surface area contributed by atoms with E-state index in [0.29, 0.717) is 12.8 Å². The van der Waals surface area contributed by atoms with Crippen molar-refractivity contribution >= 4 is 17.8 Å². The lowest BCUT2D eigenvalue weighted by Gasteiger charge is -2.41. The lowest BCUT2D eigenvalue weighted by Crippen LogP contribution is -2.67. The van der Waals surface area contributed by atoms with Crippen molar-refractivity contribution in [1.29, 1.82) is 0 Å². The Bertz CT molecular complexity index is 368. The number of ether oxygens (including phenoxy) is 1. The summed E-state index contributed by atoms with van der Waals surface area (Å²) >= 11 is 0. The molecule has 1 aliphatic rings. The fraction of sp³-hybridized carbons (Fsp3) is 0.727. The van der Waals surface area contributed by atoms with Gasteiger partial charge in [0.2, 0.25) is 11.8 Å². The highest BCUT2D eigenvalue weighted by atomic mass is 16.5. The Balaban J connectivity index is 2.83. The molecule has 0 unspecified atom stereocenters. The lowest BCUT2D eigenvalue weighted by molar-refractivity contribution is -0.154. The van der Waals surface area contributed by atoms with E-state index < -0.39 is 17.0 Å². The van der Waals surface area contributed by atoms with Gasteiger partial charge in [-0.25, -0.2) is 4.79 Å². The Hall–Kier alpha value is -1.59. The van der Waals surface area contributed by atoms with Crippen LogP contribution in [0, 0.1) is 0 Å². The smallest absolute Gasteiger partial charge is 0.331 e. The molecule has 0 aromatic heterocycles. The first kappa shape index (κ1) is 13.5. The fourth-order valence-corrected chi connectivity index (χ4v) is 1.95. The van der Waals surface area contributed by atoms with Crippen LogP contribution in [0.4, 0.5) is 0 Å². The van der Waals surface area contributed by atoms with Crippen molar-refractivity contribution < 1.29 is 19.1 Å². The number of rotatable bonds is 2. The summed E-state index contributed by atoms with van der Waals surface area (Å²) in [6.07, 6.45) is 0.812. The third-order valence-corrected chi connectivity index (χ3v) is 3.10. The zero-order chi connectivity index (χ0) is 13.3. The fourth-order valence-electron chi connectivity index (χ4n) is 1.95. The second-order valence-electron chi connectivity index (χ2n) is 4.79. The summed E-state index contributed by atoms with van der Waals surface area (Å²) < 4.78 is 4.65. The Morgan fingerprint density at radius 3 is 2.35 bits per heavy atom. The maximum absolute atomic E-state index is 12.0. The molecular weight excluding hydrogens is 224 g/mol. The van der Waals surface area contributed by atoms with E-state index in [9.17, 15) is 14.4 Å². The van der Waals surface area contributed by atoms with E-state index in [4.69, 9.17) is 0 Å². The molecule has 1 aliphatic heterocycles. The number of hydrogen-bond donors (Lipinski definition) is 2. The zero-order valence-electron chi connectivity index (χ0n) is 10.5. The summed E-state index contributed by atoms with van der Waals surface area (Å²) in [6, 6.07) is 0. The number of nitrogens with one attached hydrogen (secondary N) is 2. The summed E-state index contributed by atoms with van der Waals surface area (Å²) in [5.74, 6) is -1.12. The molecule has 0 spiro atoms. The molecule has 0 aromatic rings. The number of methoxy groups -OCH3 is 1. The van der Waals surface area contributed by atoms with Crippen LogP contribution in [0.5, 0.6) is 0 Å². The molecule has 0 bridgehead atoms. The normalized spacial score (nSPS) is 32.6. The highest BCUT2D eigenvalue weighted by Gasteiger charge is 2.48. The van der Waals surface area contributed by atoms with Gasteiger partial charge in [0.25, 0.3) is 0 Å². The predicted molar refractivity (Wildman–Crippen MR) is 60.0 cm³/mol. The molecule has 2 amide bonds. The third kappa shape index (κ3) is 2.57. The van der Waals surface area contributed by atoms with Crippen LogP contribution in [0.3, 0.4) is 0 Å². The molecule has 1 fully saturated rings. The first-order valence-electron chi connectivity index (χ1n) is 5.43. The minimum Gasteiger partial charge on any atom is -0.467 e. The maximum Gasteiger partial charge on any atom is 0.331 e. The van der Waals surface area contributed by atoms with Gasteiger partial charge in [-0.1, -0.05) is 0 Å². The van der Waals surface area contributed by atoms with Crippen molar-refractivity contribution in [3.63, 3.8) is 0 Å². The molecule has 0 aliphatic carbocycles. The second kappa shape index (κ2) is 4.35. The van der Waals surface area contributed by atoms with Crippen LogP contribution in [-0.4, -0.2) is 36.0 Å². The summed E-state index contributed by atoms with van der Waals surface area (Å²) in [5.41, 5.74) is -1.97. The lowest BCUT2D eigenvalue weighted by atomic mass is 9.81. The molecule has 0 saturated carbocycles. The molecular formula is C11H18N2O4. The SMILES string of the molecule is COC(=O)[C@@]1(C)CC[C@@](C)(NC(C)=O)C(=O)N1. The Morgan fingerprint density at radius 1 is 1.35 bits per heavy atom. The Morgan fingerprint density at radius 2 is 1.94 bits per heavy atom. The van der Waals surface area contributed by atoms with Crippen molar-refractivity contribution in [3.8, 4) is 0 Å². The topological polar surface area (TPSA) is 84.5 Å².